The molecule has 1 saturated heterocycles. The number of nitrogens with two attached hydrogens (primary N) is 1. The number of piperidine rings is 1. The fourth-order valence-corrected chi connectivity index (χ4v) is 2.18. The molecular weight excluding hydrogens is 184 g/mol. The van der Waals surface area contributed by atoms with E-state index in [-0.39, 0.29) is 0 Å². The van der Waals surface area contributed by atoms with Crippen molar-refractivity contribution in [1.82, 2.24) is 4.90 Å². The van der Waals surface area contributed by atoms with Crippen LogP contribution in [0.1, 0.15) is 52.9 Å². The van der Waals surface area contributed by atoms with Gasteiger partial charge in [0.2, 0.25) is 0 Å². The first-order chi connectivity index (χ1) is 6.97. The van der Waals surface area contributed by atoms with Gasteiger partial charge in [-0.2, -0.15) is 0 Å². The van der Waals surface area contributed by atoms with Gasteiger partial charge in [-0.15, -0.1) is 0 Å². The third kappa shape index (κ3) is 6.16. The molecule has 0 amide bonds. The molecule has 1 heterocycles. The SMILES string of the molecule is CC(C)(C)CCC(N)CN1CCCCC1. The Morgan fingerprint density at radius 1 is 1.13 bits per heavy atom. The van der Waals surface area contributed by atoms with Crippen molar-refractivity contribution in [3.8, 4) is 0 Å². The first kappa shape index (κ1) is 13.0. The molecule has 2 heteroatoms. The van der Waals surface area contributed by atoms with Crippen LogP contribution in [0, 0.1) is 5.41 Å². The van der Waals surface area contributed by atoms with Crippen LogP contribution in [-0.4, -0.2) is 30.6 Å². The summed E-state index contributed by atoms with van der Waals surface area (Å²) in [7, 11) is 0. The second kappa shape index (κ2) is 5.86. The number of rotatable bonds is 4. The summed E-state index contributed by atoms with van der Waals surface area (Å²) in [6.45, 7) is 10.5. The van der Waals surface area contributed by atoms with Gasteiger partial charge in [0.05, 0.1) is 0 Å². The van der Waals surface area contributed by atoms with E-state index in [9.17, 15) is 0 Å². The molecule has 15 heavy (non-hydrogen) atoms. The highest BCUT2D eigenvalue weighted by molar-refractivity contribution is 4.74. The summed E-state index contributed by atoms with van der Waals surface area (Å²) >= 11 is 0. The zero-order chi connectivity index (χ0) is 11.3. The summed E-state index contributed by atoms with van der Waals surface area (Å²) in [6, 6.07) is 0.377. The summed E-state index contributed by atoms with van der Waals surface area (Å²) in [6.07, 6.45) is 6.55. The van der Waals surface area contributed by atoms with Crippen LogP contribution < -0.4 is 5.73 Å². The van der Waals surface area contributed by atoms with Crippen LogP contribution in [0.3, 0.4) is 0 Å². The molecule has 0 saturated carbocycles. The highest BCUT2D eigenvalue weighted by Crippen LogP contribution is 2.21. The molecule has 0 aromatic carbocycles. The van der Waals surface area contributed by atoms with Crippen LogP contribution in [0.15, 0.2) is 0 Å². The average molecular weight is 212 g/mol. The molecule has 0 aliphatic carbocycles. The van der Waals surface area contributed by atoms with Gasteiger partial charge in [0.1, 0.15) is 0 Å². The molecule has 0 spiro atoms. The predicted octanol–water partition coefficient (Wildman–Crippen LogP) is 2.63. The topological polar surface area (TPSA) is 29.3 Å². The number of hydrogen-bond acceptors (Lipinski definition) is 2. The Balaban J connectivity index is 2.14. The van der Waals surface area contributed by atoms with Gasteiger partial charge >= 0.3 is 0 Å². The molecule has 90 valence electrons. The first-order valence-corrected chi connectivity index (χ1v) is 6.45. The van der Waals surface area contributed by atoms with Crippen molar-refractivity contribution in [2.24, 2.45) is 11.1 Å². The van der Waals surface area contributed by atoms with E-state index in [4.69, 9.17) is 5.73 Å². The number of hydrogen-bond donors (Lipinski definition) is 1. The van der Waals surface area contributed by atoms with Gasteiger partial charge in [-0.05, 0) is 44.2 Å². The van der Waals surface area contributed by atoms with E-state index in [0.717, 1.165) is 6.54 Å². The summed E-state index contributed by atoms with van der Waals surface area (Å²) in [5.41, 5.74) is 6.60. The maximum atomic E-state index is 6.17. The molecular formula is C13H28N2. The van der Waals surface area contributed by atoms with E-state index >= 15 is 0 Å². The molecule has 1 fully saturated rings. The summed E-state index contributed by atoms with van der Waals surface area (Å²) < 4.78 is 0. The molecule has 2 N–H and O–H groups in total. The predicted molar refractivity (Wildman–Crippen MR) is 67.0 cm³/mol. The summed E-state index contributed by atoms with van der Waals surface area (Å²) in [4.78, 5) is 2.54. The lowest BCUT2D eigenvalue weighted by Gasteiger charge is -2.30. The largest absolute Gasteiger partial charge is 0.327 e. The van der Waals surface area contributed by atoms with E-state index in [1.165, 1.54) is 45.2 Å². The Morgan fingerprint density at radius 3 is 2.27 bits per heavy atom. The molecule has 1 aliphatic heterocycles. The minimum atomic E-state index is 0.377. The third-order valence-electron chi connectivity index (χ3n) is 3.21. The maximum absolute atomic E-state index is 6.17. The highest BCUT2D eigenvalue weighted by Gasteiger charge is 2.16. The maximum Gasteiger partial charge on any atom is 0.0168 e. The van der Waals surface area contributed by atoms with Crippen molar-refractivity contribution in [1.29, 1.82) is 0 Å². The summed E-state index contributed by atoms with van der Waals surface area (Å²) in [5, 5.41) is 0. The molecule has 0 bridgehead atoms. The molecule has 0 radical (unpaired) electrons. The fraction of sp³-hybridized carbons (Fsp3) is 1.00. The molecule has 1 atom stereocenters. The fourth-order valence-electron chi connectivity index (χ4n) is 2.18. The van der Waals surface area contributed by atoms with Crippen molar-refractivity contribution in [2.75, 3.05) is 19.6 Å². The second-order valence-corrected chi connectivity index (χ2v) is 6.22. The molecule has 0 aromatic heterocycles. The monoisotopic (exact) mass is 212 g/mol. The van der Waals surface area contributed by atoms with Crippen LogP contribution in [0.5, 0.6) is 0 Å². The zero-order valence-corrected chi connectivity index (χ0v) is 10.8. The molecule has 1 aliphatic rings. The van der Waals surface area contributed by atoms with Crippen LogP contribution in [0.25, 0.3) is 0 Å². The average Bonchev–Trinajstić information content (AvgIpc) is 2.15. The van der Waals surface area contributed by atoms with E-state index in [2.05, 4.69) is 25.7 Å². The van der Waals surface area contributed by atoms with Crippen molar-refractivity contribution in [2.45, 2.75) is 58.9 Å². The van der Waals surface area contributed by atoms with Crippen LogP contribution >= 0.6 is 0 Å². The van der Waals surface area contributed by atoms with E-state index in [0.29, 0.717) is 11.5 Å². The van der Waals surface area contributed by atoms with Gasteiger partial charge < -0.3 is 10.6 Å². The van der Waals surface area contributed by atoms with Crippen LogP contribution in [-0.2, 0) is 0 Å². The van der Waals surface area contributed by atoms with Gasteiger partial charge in [-0.25, -0.2) is 0 Å². The number of likely N-dealkylation sites (tertiary alicyclic amines) is 1. The standard InChI is InChI=1S/C13H28N2/c1-13(2,3)8-7-12(14)11-15-9-5-4-6-10-15/h12H,4-11,14H2,1-3H3. The van der Waals surface area contributed by atoms with Crippen molar-refractivity contribution < 1.29 is 0 Å². The van der Waals surface area contributed by atoms with Gasteiger partial charge in [0.15, 0.2) is 0 Å². The molecule has 1 rings (SSSR count). The Morgan fingerprint density at radius 2 is 1.73 bits per heavy atom. The third-order valence-corrected chi connectivity index (χ3v) is 3.21. The zero-order valence-electron chi connectivity index (χ0n) is 10.8. The van der Waals surface area contributed by atoms with Crippen molar-refractivity contribution in [3.63, 3.8) is 0 Å². The first-order valence-electron chi connectivity index (χ1n) is 6.45. The lowest BCUT2D eigenvalue weighted by atomic mass is 9.88. The second-order valence-electron chi connectivity index (χ2n) is 6.22. The van der Waals surface area contributed by atoms with E-state index < -0.39 is 0 Å². The van der Waals surface area contributed by atoms with Crippen molar-refractivity contribution >= 4 is 0 Å². The molecule has 1 unspecified atom stereocenters. The van der Waals surface area contributed by atoms with Crippen LogP contribution in [0.2, 0.25) is 0 Å². The van der Waals surface area contributed by atoms with Gasteiger partial charge in [0, 0.05) is 12.6 Å². The van der Waals surface area contributed by atoms with Crippen LogP contribution in [0.4, 0.5) is 0 Å². The van der Waals surface area contributed by atoms with E-state index in [1.807, 2.05) is 0 Å². The molecule has 2 nitrogen and oxygen atoms in total. The Labute approximate surface area is 95.2 Å². The lowest BCUT2D eigenvalue weighted by Crippen LogP contribution is -2.40. The smallest absolute Gasteiger partial charge is 0.0168 e. The minimum absolute atomic E-state index is 0.377. The quantitative estimate of drug-likeness (QED) is 0.776. The van der Waals surface area contributed by atoms with Gasteiger partial charge in [-0.1, -0.05) is 27.2 Å². The summed E-state index contributed by atoms with van der Waals surface area (Å²) in [5.74, 6) is 0. The van der Waals surface area contributed by atoms with Gasteiger partial charge in [-0.3, -0.25) is 0 Å². The van der Waals surface area contributed by atoms with E-state index in [1.54, 1.807) is 0 Å². The Kier molecular flexibility index (Phi) is 5.07. The van der Waals surface area contributed by atoms with Crippen molar-refractivity contribution in [3.05, 3.63) is 0 Å². The Bertz CT molecular complexity index is 166. The highest BCUT2D eigenvalue weighted by atomic mass is 15.1. The lowest BCUT2D eigenvalue weighted by molar-refractivity contribution is 0.206. The Hall–Kier alpha value is -0.0800. The minimum Gasteiger partial charge on any atom is -0.327 e. The molecule has 0 aromatic rings. The van der Waals surface area contributed by atoms with Gasteiger partial charge in [0.25, 0.3) is 0 Å². The number of nitrogens with zero attached hydrogens (tertiary/aromatic N) is 1. The normalized spacial score (nSPS) is 21.6.